The van der Waals surface area contributed by atoms with Crippen molar-refractivity contribution in [2.75, 3.05) is 30.0 Å². The van der Waals surface area contributed by atoms with Crippen molar-refractivity contribution in [3.8, 4) is 0 Å². The molecule has 0 aliphatic heterocycles. The van der Waals surface area contributed by atoms with Crippen LogP contribution in [0, 0.1) is 0 Å². The van der Waals surface area contributed by atoms with Crippen molar-refractivity contribution in [3.05, 3.63) is 23.8 Å². The lowest BCUT2D eigenvalue weighted by Gasteiger charge is -2.07. The SMILES string of the molecule is CSCCCCNC(=O)c1ccc(N)cc1N. The van der Waals surface area contributed by atoms with E-state index in [4.69, 9.17) is 11.5 Å². The number of hydrogen-bond acceptors (Lipinski definition) is 4. The van der Waals surface area contributed by atoms with E-state index < -0.39 is 0 Å². The van der Waals surface area contributed by atoms with Crippen LogP contribution in [-0.2, 0) is 0 Å². The molecule has 1 amide bonds. The molecule has 0 aliphatic rings. The number of benzene rings is 1. The first-order valence-electron chi connectivity index (χ1n) is 5.57. The quantitative estimate of drug-likeness (QED) is 0.532. The zero-order valence-electron chi connectivity index (χ0n) is 10.0. The summed E-state index contributed by atoms with van der Waals surface area (Å²) < 4.78 is 0. The van der Waals surface area contributed by atoms with Crippen LogP contribution in [0.4, 0.5) is 11.4 Å². The number of nitrogens with two attached hydrogens (primary N) is 2. The first kappa shape index (κ1) is 13.7. The summed E-state index contributed by atoms with van der Waals surface area (Å²) in [5.74, 6) is 0.992. The van der Waals surface area contributed by atoms with Gasteiger partial charge in [-0.25, -0.2) is 0 Å². The summed E-state index contributed by atoms with van der Waals surface area (Å²) in [6, 6.07) is 4.93. The number of hydrogen-bond donors (Lipinski definition) is 3. The number of carbonyl (C=O) groups is 1. The minimum Gasteiger partial charge on any atom is -0.399 e. The molecule has 0 fully saturated rings. The molecule has 0 saturated carbocycles. The molecule has 0 heterocycles. The lowest BCUT2D eigenvalue weighted by Crippen LogP contribution is -2.25. The topological polar surface area (TPSA) is 81.1 Å². The van der Waals surface area contributed by atoms with Gasteiger partial charge in [-0.1, -0.05) is 0 Å². The molecule has 5 heteroatoms. The van der Waals surface area contributed by atoms with E-state index in [1.54, 1.807) is 18.2 Å². The second kappa shape index (κ2) is 7.06. The number of nitrogen functional groups attached to an aromatic ring is 2. The molecule has 0 saturated heterocycles. The van der Waals surface area contributed by atoms with Gasteiger partial charge in [0, 0.05) is 17.9 Å². The molecule has 0 spiro atoms. The van der Waals surface area contributed by atoms with Gasteiger partial charge in [-0.2, -0.15) is 11.8 Å². The van der Waals surface area contributed by atoms with Gasteiger partial charge in [-0.15, -0.1) is 0 Å². The molecule has 1 aromatic rings. The molecule has 1 aromatic carbocycles. The van der Waals surface area contributed by atoms with Gasteiger partial charge >= 0.3 is 0 Å². The van der Waals surface area contributed by atoms with Crippen LogP contribution in [0.25, 0.3) is 0 Å². The summed E-state index contributed by atoms with van der Waals surface area (Å²) in [5, 5.41) is 2.85. The van der Waals surface area contributed by atoms with Gasteiger partial charge in [-0.3, -0.25) is 4.79 Å². The van der Waals surface area contributed by atoms with Gasteiger partial charge in [0.1, 0.15) is 0 Å². The minimum absolute atomic E-state index is 0.133. The van der Waals surface area contributed by atoms with Gasteiger partial charge in [0.05, 0.1) is 5.56 Å². The normalized spacial score (nSPS) is 10.2. The van der Waals surface area contributed by atoms with Crippen LogP contribution in [0.3, 0.4) is 0 Å². The number of nitrogens with one attached hydrogen (secondary N) is 1. The van der Waals surface area contributed by atoms with Crippen molar-refractivity contribution in [1.29, 1.82) is 0 Å². The molecule has 0 bridgehead atoms. The first-order valence-corrected chi connectivity index (χ1v) is 6.96. The molecule has 5 N–H and O–H groups in total. The maximum Gasteiger partial charge on any atom is 0.253 e. The average Bonchev–Trinajstić information content (AvgIpc) is 2.28. The van der Waals surface area contributed by atoms with Crippen LogP contribution in [0.5, 0.6) is 0 Å². The van der Waals surface area contributed by atoms with Crippen molar-refractivity contribution in [3.63, 3.8) is 0 Å². The van der Waals surface area contributed by atoms with E-state index in [1.165, 1.54) is 0 Å². The summed E-state index contributed by atoms with van der Waals surface area (Å²) in [6.07, 6.45) is 4.17. The van der Waals surface area contributed by atoms with Crippen molar-refractivity contribution in [1.82, 2.24) is 5.32 Å². The summed E-state index contributed by atoms with van der Waals surface area (Å²) in [4.78, 5) is 11.8. The van der Waals surface area contributed by atoms with Crippen LogP contribution >= 0.6 is 11.8 Å². The molecule has 0 aromatic heterocycles. The number of amides is 1. The van der Waals surface area contributed by atoms with E-state index >= 15 is 0 Å². The number of carbonyl (C=O) groups excluding carboxylic acids is 1. The van der Waals surface area contributed by atoms with Crippen molar-refractivity contribution in [2.24, 2.45) is 0 Å². The molecule has 0 atom stereocenters. The Morgan fingerprint density at radius 3 is 2.76 bits per heavy atom. The van der Waals surface area contributed by atoms with Gasteiger partial charge in [0.2, 0.25) is 0 Å². The first-order chi connectivity index (χ1) is 8.15. The molecule has 0 aliphatic carbocycles. The Hall–Kier alpha value is -1.36. The highest BCUT2D eigenvalue weighted by Crippen LogP contribution is 2.15. The summed E-state index contributed by atoms with van der Waals surface area (Å²) >= 11 is 1.81. The molecule has 1 rings (SSSR count). The zero-order chi connectivity index (χ0) is 12.7. The highest BCUT2D eigenvalue weighted by Gasteiger charge is 2.08. The molecular formula is C12H19N3OS. The van der Waals surface area contributed by atoms with Crippen molar-refractivity contribution >= 4 is 29.0 Å². The predicted octanol–water partition coefficient (Wildman–Crippen LogP) is 1.72. The highest BCUT2D eigenvalue weighted by atomic mass is 32.2. The fourth-order valence-electron chi connectivity index (χ4n) is 1.46. The lowest BCUT2D eigenvalue weighted by atomic mass is 10.1. The largest absolute Gasteiger partial charge is 0.399 e. The maximum absolute atomic E-state index is 11.8. The van der Waals surface area contributed by atoms with E-state index in [9.17, 15) is 4.79 Å². The fraction of sp³-hybridized carbons (Fsp3) is 0.417. The predicted molar refractivity (Wildman–Crippen MR) is 75.2 cm³/mol. The van der Waals surface area contributed by atoms with Crippen LogP contribution in [0.1, 0.15) is 23.2 Å². The molecule has 4 nitrogen and oxygen atoms in total. The van der Waals surface area contributed by atoms with Gasteiger partial charge in [0.15, 0.2) is 0 Å². The standard InChI is InChI=1S/C12H19N3OS/c1-17-7-3-2-6-15-12(16)10-5-4-9(13)8-11(10)14/h4-5,8H,2-3,6-7,13-14H2,1H3,(H,15,16). The van der Waals surface area contributed by atoms with Crippen LogP contribution in [-0.4, -0.2) is 24.5 Å². The third-order valence-corrected chi connectivity index (χ3v) is 3.08. The second-order valence-electron chi connectivity index (χ2n) is 3.80. The Morgan fingerprint density at radius 2 is 2.12 bits per heavy atom. The maximum atomic E-state index is 11.8. The number of thioether (sulfide) groups is 1. The fourth-order valence-corrected chi connectivity index (χ4v) is 1.95. The number of unbranched alkanes of at least 4 members (excludes halogenated alkanes) is 1. The third kappa shape index (κ3) is 4.56. The van der Waals surface area contributed by atoms with Gasteiger partial charge < -0.3 is 16.8 Å². The van der Waals surface area contributed by atoms with Gasteiger partial charge in [0.25, 0.3) is 5.91 Å². The second-order valence-corrected chi connectivity index (χ2v) is 4.79. The molecular weight excluding hydrogens is 234 g/mol. The zero-order valence-corrected chi connectivity index (χ0v) is 10.8. The Balaban J connectivity index is 2.42. The van der Waals surface area contributed by atoms with E-state index in [0.29, 0.717) is 23.5 Å². The Morgan fingerprint density at radius 1 is 1.35 bits per heavy atom. The Bertz CT molecular complexity index is 382. The minimum atomic E-state index is -0.133. The average molecular weight is 253 g/mol. The van der Waals surface area contributed by atoms with Crippen LogP contribution < -0.4 is 16.8 Å². The van der Waals surface area contributed by atoms with E-state index in [2.05, 4.69) is 11.6 Å². The van der Waals surface area contributed by atoms with Crippen LogP contribution in [0.2, 0.25) is 0 Å². The number of rotatable bonds is 6. The third-order valence-electron chi connectivity index (χ3n) is 2.38. The monoisotopic (exact) mass is 253 g/mol. The smallest absolute Gasteiger partial charge is 0.253 e. The van der Waals surface area contributed by atoms with E-state index in [0.717, 1.165) is 18.6 Å². The van der Waals surface area contributed by atoms with Gasteiger partial charge in [-0.05, 0) is 43.0 Å². The summed E-state index contributed by atoms with van der Waals surface area (Å²) in [5.41, 5.74) is 12.8. The Kier molecular flexibility index (Phi) is 5.69. The number of anilines is 2. The molecule has 94 valence electrons. The van der Waals surface area contributed by atoms with Crippen molar-refractivity contribution < 1.29 is 4.79 Å². The van der Waals surface area contributed by atoms with Crippen LogP contribution in [0.15, 0.2) is 18.2 Å². The molecule has 17 heavy (non-hydrogen) atoms. The summed E-state index contributed by atoms with van der Waals surface area (Å²) in [7, 11) is 0. The molecule has 0 unspecified atom stereocenters. The lowest BCUT2D eigenvalue weighted by molar-refractivity contribution is 0.0954. The van der Waals surface area contributed by atoms with E-state index in [1.807, 2.05) is 11.8 Å². The van der Waals surface area contributed by atoms with E-state index in [-0.39, 0.29) is 5.91 Å². The molecule has 0 radical (unpaired) electrons. The Labute approximate surface area is 106 Å². The highest BCUT2D eigenvalue weighted by molar-refractivity contribution is 7.98. The summed E-state index contributed by atoms with van der Waals surface area (Å²) in [6.45, 7) is 0.684. The van der Waals surface area contributed by atoms with Crippen molar-refractivity contribution in [2.45, 2.75) is 12.8 Å².